The van der Waals surface area contributed by atoms with E-state index in [1.54, 1.807) is 24.3 Å². The van der Waals surface area contributed by atoms with Crippen LogP contribution in [0.5, 0.6) is 0 Å². The van der Waals surface area contributed by atoms with Crippen LogP contribution in [0.1, 0.15) is 5.56 Å². The van der Waals surface area contributed by atoms with E-state index in [1.165, 1.54) is 12.7 Å². The first-order valence-electron chi connectivity index (χ1n) is 5.82. The van der Waals surface area contributed by atoms with Gasteiger partial charge in [0.15, 0.2) is 11.5 Å². The summed E-state index contributed by atoms with van der Waals surface area (Å²) >= 11 is 0. The van der Waals surface area contributed by atoms with E-state index in [2.05, 4.69) is 24.7 Å². The Hall–Kier alpha value is -2.48. The van der Waals surface area contributed by atoms with Gasteiger partial charge >= 0.3 is 0 Å². The van der Waals surface area contributed by atoms with Gasteiger partial charge in [-0.1, -0.05) is 30.3 Å². The number of rotatable bonds is 4. The lowest BCUT2D eigenvalue weighted by atomic mass is 10.2. The minimum absolute atomic E-state index is 0.118. The molecule has 0 fully saturated rings. The molecule has 0 unspecified atom stereocenters. The average molecular weight is 289 g/mol. The lowest BCUT2D eigenvalue weighted by molar-refractivity contribution is 0.600. The van der Waals surface area contributed by atoms with Crippen molar-refractivity contribution in [3.63, 3.8) is 0 Å². The van der Waals surface area contributed by atoms with Crippen LogP contribution in [0.15, 0.2) is 43.0 Å². The Labute approximate surface area is 115 Å². The first-order chi connectivity index (χ1) is 9.64. The van der Waals surface area contributed by atoms with Crippen LogP contribution in [0.4, 0.5) is 5.82 Å². The lowest BCUT2D eigenvalue weighted by Gasteiger charge is -2.07. The quantitative estimate of drug-likeness (QED) is 0.753. The molecular weight excluding hydrogens is 278 g/mol. The SMILES string of the molecule is O=S(=O)(Cc1ccccc1)Nc1ncnc2nc[nH]c12. The number of nitrogens with one attached hydrogen (secondary N) is 2. The van der Waals surface area contributed by atoms with Crippen molar-refractivity contribution >= 4 is 27.0 Å². The normalized spacial score (nSPS) is 11.6. The molecule has 0 saturated heterocycles. The first-order valence-corrected chi connectivity index (χ1v) is 7.48. The summed E-state index contributed by atoms with van der Waals surface area (Å²) in [6, 6.07) is 8.93. The van der Waals surface area contributed by atoms with E-state index in [4.69, 9.17) is 0 Å². The second kappa shape index (κ2) is 4.89. The molecule has 2 heterocycles. The number of hydrogen-bond donors (Lipinski definition) is 2. The number of sulfonamides is 1. The summed E-state index contributed by atoms with van der Waals surface area (Å²) in [5.41, 5.74) is 1.58. The van der Waals surface area contributed by atoms with Gasteiger partial charge in [-0.05, 0) is 5.56 Å². The monoisotopic (exact) mass is 289 g/mol. The van der Waals surface area contributed by atoms with Crippen molar-refractivity contribution in [2.75, 3.05) is 4.72 Å². The third kappa shape index (κ3) is 2.59. The molecule has 2 N–H and O–H groups in total. The smallest absolute Gasteiger partial charge is 0.238 e. The minimum atomic E-state index is -3.55. The largest absolute Gasteiger partial charge is 0.340 e. The van der Waals surface area contributed by atoms with Gasteiger partial charge in [-0.15, -0.1) is 0 Å². The zero-order chi connectivity index (χ0) is 14.0. The van der Waals surface area contributed by atoms with Gasteiger partial charge in [0, 0.05) is 0 Å². The predicted molar refractivity (Wildman–Crippen MR) is 74.4 cm³/mol. The molecule has 1 aromatic carbocycles. The topological polar surface area (TPSA) is 101 Å². The van der Waals surface area contributed by atoms with Gasteiger partial charge in [0.05, 0.1) is 12.1 Å². The number of hydrogen-bond acceptors (Lipinski definition) is 5. The van der Waals surface area contributed by atoms with E-state index >= 15 is 0 Å². The van der Waals surface area contributed by atoms with Gasteiger partial charge in [0.2, 0.25) is 10.0 Å². The molecule has 20 heavy (non-hydrogen) atoms. The van der Waals surface area contributed by atoms with Gasteiger partial charge in [-0.25, -0.2) is 23.4 Å². The highest BCUT2D eigenvalue weighted by Gasteiger charge is 2.15. The molecule has 0 aliphatic heterocycles. The second-order valence-electron chi connectivity index (χ2n) is 4.17. The summed E-state index contributed by atoms with van der Waals surface area (Å²) < 4.78 is 26.7. The Bertz CT molecular complexity index is 829. The fourth-order valence-corrected chi connectivity index (χ4v) is 2.97. The van der Waals surface area contributed by atoms with Crippen LogP contribution in [0.3, 0.4) is 0 Å². The number of benzene rings is 1. The molecule has 7 nitrogen and oxygen atoms in total. The summed E-state index contributed by atoms with van der Waals surface area (Å²) in [4.78, 5) is 14.6. The van der Waals surface area contributed by atoms with Crippen molar-refractivity contribution in [1.29, 1.82) is 0 Å². The average Bonchev–Trinajstić information content (AvgIpc) is 2.88. The van der Waals surface area contributed by atoms with Crippen LogP contribution < -0.4 is 4.72 Å². The van der Waals surface area contributed by atoms with Crippen LogP contribution in [0, 0.1) is 0 Å². The molecule has 0 atom stereocenters. The number of aromatic nitrogens is 4. The van der Waals surface area contributed by atoms with Crippen molar-refractivity contribution in [1.82, 2.24) is 19.9 Å². The molecular formula is C12H11N5O2S. The fraction of sp³-hybridized carbons (Fsp3) is 0.0833. The summed E-state index contributed by atoms with van der Waals surface area (Å²) in [5.74, 6) is 0.0800. The standard InChI is InChI=1S/C12H11N5O2S/c18-20(19,6-9-4-2-1-3-5-9)17-12-10-11(14-7-13-10)15-8-16-12/h1-5,7-8H,6H2,(H2,13,14,15,16,17). The van der Waals surface area contributed by atoms with E-state index in [0.29, 0.717) is 16.7 Å². The van der Waals surface area contributed by atoms with Crippen molar-refractivity contribution in [2.24, 2.45) is 0 Å². The van der Waals surface area contributed by atoms with Gasteiger partial charge in [0.1, 0.15) is 11.8 Å². The van der Waals surface area contributed by atoms with Crippen LogP contribution in [0.25, 0.3) is 11.2 Å². The third-order valence-corrected chi connectivity index (χ3v) is 3.89. The summed E-state index contributed by atoms with van der Waals surface area (Å²) in [6.07, 6.45) is 2.71. The molecule has 0 amide bonds. The van der Waals surface area contributed by atoms with Crippen LogP contribution in [-0.2, 0) is 15.8 Å². The lowest BCUT2D eigenvalue weighted by Crippen LogP contribution is -2.16. The molecule has 0 bridgehead atoms. The fourth-order valence-electron chi connectivity index (χ4n) is 1.82. The maximum Gasteiger partial charge on any atom is 0.238 e. The number of H-pyrrole nitrogens is 1. The van der Waals surface area contributed by atoms with Crippen molar-refractivity contribution in [2.45, 2.75) is 5.75 Å². The highest BCUT2D eigenvalue weighted by atomic mass is 32.2. The number of anilines is 1. The second-order valence-corrected chi connectivity index (χ2v) is 5.89. The van der Waals surface area contributed by atoms with E-state index in [1.807, 2.05) is 6.07 Å². The Kier molecular flexibility index (Phi) is 3.07. The zero-order valence-electron chi connectivity index (χ0n) is 10.3. The molecule has 0 spiro atoms. The van der Waals surface area contributed by atoms with Crippen LogP contribution in [-0.4, -0.2) is 28.4 Å². The molecule has 8 heteroatoms. The Balaban J connectivity index is 1.88. The highest BCUT2D eigenvalue weighted by molar-refractivity contribution is 7.91. The number of aromatic amines is 1. The van der Waals surface area contributed by atoms with E-state index in [0.717, 1.165) is 0 Å². The molecule has 3 rings (SSSR count). The van der Waals surface area contributed by atoms with Gasteiger partial charge in [-0.2, -0.15) is 0 Å². The van der Waals surface area contributed by atoms with Crippen molar-refractivity contribution < 1.29 is 8.42 Å². The Morgan fingerprint density at radius 3 is 2.70 bits per heavy atom. The number of nitrogens with zero attached hydrogens (tertiary/aromatic N) is 3. The number of imidazole rings is 1. The van der Waals surface area contributed by atoms with Gasteiger partial charge < -0.3 is 4.98 Å². The molecule has 2 aromatic heterocycles. The summed E-state index contributed by atoms with van der Waals surface area (Å²) in [5, 5.41) is 0. The maximum absolute atomic E-state index is 12.1. The molecule has 3 aromatic rings. The minimum Gasteiger partial charge on any atom is -0.340 e. The van der Waals surface area contributed by atoms with Crippen molar-refractivity contribution in [3.05, 3.63) is 48.5 Å². The summed E-state index contributed by atoms with van der Waals surface area (Å²) in [7, 11) is -3.55. The Morgan fingerprint density at radius 2 is 1.90 bits per heavy atom. The summed E-state index contributed by atoms with van der Waals surface area (Å²) in [6.45, 7) is 0. The van der Waals surface area contributed by atoms with E-state index in [-0.39, 0.29) is 11.6 Å². The maximum atomic E-state index is 12.1. The van der Waals surface area contributed by atoms with Crippen LogP contribution in [0.2, 0.25) is 0 Å². The number of fused-ring (bicyclic) bond motifs is 1. The molecule has 0 aliphatic carbocycles. The van der Waals surface area contributed by atoms with E-state index < -0.39 is 10.0 Å². The van der Waals surface area contributed by atoms with Gasteiger partial charge in [0.25, 0.3) is 0 Å². The van der Waals surface area contributed by atoms with Crippen LogP contribution >= 0.6 is 0 Å². The predicted octanol–water partition coefficient (Wildman–Crippen LogP) is 1.29. The zero-order valence-corrected chi connectivity index (χ0v) is 11.1. The molecule has 0 aliphatic rings. The molecule has 0 radical (unpaired) electrons. The van der Waals surface area contributed by atoms with Gasteiger partial charge in [-0.3, -0.25) is 4.72 Å². The first kappa shape index (κ1) is 12.5. The molecule has 0 saturated carbocycles. The molecule has 102 valence electrons. The van der Waals surface area contributed by atoms with E-state index in [9.17, 15) is 8.42 Å². The third-order valence-electron chi connectivity index (χ3n) is 2.67. The highest BCUT2D eigenvalue weighted by Crippen LogP contribution is 2.17. The van der Waals surface area contributed by atoms with Crippen molar-refractivity contribution in [3.8, 4) is 0 Å². The Morgan fingerprint density at radius 1 is 1.10 bits per heavy atom.